The Hall–Kier alpha value is -1.65. The molecule has 1 aromatic rings. The Labute approximate surface area is 105 Å². The number of rotatable bonds is 5. The zero-order valence-corrected chi connectivity index (χ0v) is 10.4. The summed E-state index contributed by atoms with van der Waals surface area (Å²) in [5.41, 5.74) is 0.145. The fourth-order valence-electron chi connectivity index (χ4n) is 2.35. The third-order valence-corrected chi connectivity index (χ3v) is 3.88. The first-order valence-electron chi connectivity index (χ1n) is 6.19. The van der Waals surface area contributed by atoms with Gasteiger partial charge in [-0.2, -0.15) is 0 Å². The lowest BCUT2D eigenvalue weighted by molar-refractivity contribution is 0.0696. The monoisotopic (exact) mass is 252 g/mol. The number of halogens is 1. The van der Waals surface area contributed by atoms with Gasteiger partial charge in [0, 0.05) is 6.54 Å². The average Bonchev–Trinajstić information content (AvgIpc) is 2.29. The summed E-state index contributed by atoms with van der Waals surface area (Å²) in [5, 5.41) is 12.1. The number of hydrogen-bond acceptors (Lipinski definition) is 3. The van der Waals surface area contributed by atoms with Gasteiger partial charge in [-0.05, 0) is 30.7 Å². The Kier molecular flexibility index (Phi) is 3.50. The molecule has 1 aliphatic carbocycles. The van der Waals surface area contributed by atoms with Crippen LogP contribution in [0.5, 0.6) is 0 Å². The van der Waals surface area contributed by atoms with E-state index < -0.39 is 11.8 Å². The Morgan fingerprint density at radius 2 is 2.33 bits per heavy atom. The van der Waals surface area contributed by atoms with E-state index in [0.717, 1.165) is 31.5 Å². The maximum absolute atomic E-state index is 13.0. The van der Waals surface area contributed by atoms with Crippen molar-refractivity contribution in [3.8, 4) is 0 Å². The number of carbonyl (C=O) groups is 1. The fourth-order valence-corrected chi connectivity index (χ4v) is 2.35. The lowest BCUT2D eigenvalue weighted by Gasteiger charge is -2.41. The minimum absolute atomic E-state index is 0.111. The van der Waals surface area contributed by atoms with Gasteiger partial charge in [0.05, 0.1) is 6.20 Å². The van der Waals surface area contributed by atoms with Crippen LogP contribution < -0.4 is 5.32 Å². The van der Waals surface area contributed by atoms with Gasteiger partial charge in [0.2, 0.25) is 0 Å². The van der Waals surface area contributed by atoms with E-state index in [1.807, 2.05) is 0 Å². The van der Waals surface area contributed by atoms with E-state index in [-0.39, 0.29) is 16.8 Å². The molecule has 0 spiro atoms. The number of carboxylic acid groups (broad SMARTS) is 1. The smallest absolute Gasteiger partial charge is 0.339 e. The van der Waals surface area contributed by atoms with Crippen LogP contribution in [0.4, 0.5) is 10.2 Å². The molecule has 0 radical (unpaired) electrons. The predicted molar refractivity (Wildman–Crippen MR) is 66.2 cm³/mol. The van der Waals surface area contributed by atoms with Crippen LogP contribution in [0.1, 0.15) is 43.0 Å². The number of hydrogen-bond donors (Lipinski definition) is 2. The van der Waals surface area contributed by atoms with E-state index >= 15 is 0 Å². The largest absolute Gasteiger partial charge is 0.478 e. The molecule has 0 aromatic carbocycles. The highest BCUT2D eigenvalue weighted by molar-refractivity contribution is 5.93. The van der Waals surface area contributed by atoms with Crippen molar-refractivity contribution in [1.29, 1.82) is 0 Å². The highest BCUT2D eigenvalue weighted by atomic mass is 19.1. The van der Waals surface area contributed by atoms with Gasteiger partial charge in [0.25, 0.3) is 0 Å². The van der Waals surface area contributed by atoms with Crippen LogP contribution in [0.25, 0.3) is 0 Å². The van der Waals surface area contributed by atoms with Crippen molar-refractivity contribution in [2.75, 3.05) is 11.9 Å². The van der Waals surface area contributed by atoms with Crippen molar-refractivity contribution in [3.63, 3.8) is 0 Å². The number of aromatic carboxylic acids is 1. The zero-order chi connectivity index (χ0) is 13.2. The number of nitrogens with zero attached hydrogens (tertiary/aromatic N) is 1. The van der Waals surface area contributed by atoms with E-state index in [1.54, 1.807) is 0 Å². The number of aromatic nitrogens is 1. The van der Waals surface area contributed by atoms with Gasteiger partial charge < -0.3 is 10.4 Å². The molecule has 0 atom stereocenters. The molecule has 98 valence electrons. The topological polar surface area (TPSA) is 62.2 Å². The molecule has 1 aromatic heterocycles. The second kappa shape index (κ2) is 4.92. The van der Waals surface area contributed by atoms with E-state index in [2.05, 4.69) is 17.2 Å². The molecule has 0 aliphatic heterocycles. The number of nitrogens with one attached hydrogen (secondary N) is 1. The van der Waals surface area contributed by atoms with Crippen molar-refractivity contribution < 1.29 is 14.3 Å². The van der Waals surface area contributed by atoms with Crippen molar-refractivity contribution in [1.82, 2.24) is 4.98 Å². The maximum Gasteiger partial charge on any atom is 0.339 e. The molecule has 0 unspecified atom stereocenters. The van der Waals surface area contributed by atoms with Crippen LogP contribution in [0.15, 0.2) is 12.3 Å². The predicted octanol–water partition coefficient (Wildman–Crippen LogP) is 2.91. The molecule has 5 heteroatoms. The fraction of sp³-hybridized carbons (Fsp3) is 0.538. The highest BCUT2D eigenvalue weighted by Gasteiger charge is 2.35. The molecule has 4 nitrogen and oxygen atoms in total. The molecular weight excluding hydrogens is 235 g/mol. The molecule has 0 amide bonds. The minimum Gasteiger partial charge on any atom is -0.478 e. The average molecular weight is 252 g/mol. The summed E-state index contributed by atoms with van der Waals surface area (Å²) in [7, 11) is 0. The Morgan fingerprint density at radius 1 is 1.61 bits per heavy atom. The molecule has 1 fully saturated rings. The summed E-state index contributed by atoms with van der Waals surface area (Å²) in [6, 6.07) is 0.997. The van der Waals surface area contributed by atoms with Crippen molar-refractivity contribution in [2.24, 2.45) is 5.41 Å². The molecule has 1 saturated carbocycles. The minimum atomic E-state index is -1.16. The summed E-state index contributed by atoms with van der Waals surface area (Å²) >= 11 is 0. The maximum atomic E-state index is 13.0. The van der Waals surface area contributed by atoms with Gasteiger partial charge in [0.1, 0.15) is 17.2 Å². The standard InChI is InChI=1S/C13H17FN2O2/c1-2-13(4-3-5-13)8-16-11-10(12(17)18)6-9(14)7-15-11/h6-7H,2-5,8H2,1H3,(H,15,16)(H,17,18). The van der Waals surface area contributed by atoms with Crippen molar-refractivity contribution in [2.45, 2.75) is 32.6 Å². The van der Waals surface area contributed by atoms with Crippen LogP contribution >= 0.6 is 0 Å². The third-order valence-electron chi connectivity index (χ3n) is 3.88. The Bertz CT molecular complexity index is 453. The summed E-state index contributed by atoms with van der Waals surface area (Å²) in [5.74, 6) is -1.54. The molecule has 1 aliphatic rings. The molecule has 1 heterocycles. The first-order valence-corrected chi connectivity index (χ1v) is 6.19. The molecule has 0 bridgehead atoms. The van der Waals surface area contributed by atoms with Crippen LogP contribution in [-0.4, -0.2) is 22.6 Å². The first kappa shape index (κ1) is 12.8. The molecule has 0 saturated heterocycles. The van der Waals surface area contributed by atoms with Gasteiger partial charge in [-0.15, -0.1) is 0 Å². The summed E-state index contributed by atoms with van der Waals surface area (Å²) in [6.45, 7) is 2.83. The SMILES string of the molecule is CCC1(CNc2ncc(F)cc2C(=O)O)CCC1. The van der Waals surface area contributed by atoms with E-state index in [1.165, 1.54) is 6.42 Å². The van der Waals surface area contributed by atoms with Gasteiger partial charge in [-0.25, -0.2) is 14.2 Å². The van der Waals surface area contributed by atoms with E-state index in [4.69, 9.17) is 5.11 Å². The number of carboxylic acids is 1. The van der Waals surface area contributed by atoms with Crippen LogP contribution in [0, 0.1) is 11.2 Å². The van der Waals surface area contributed by atoms with Crippen LogP contribution in [0.3, 0.4) is 0 Å². The number of pyridine rings is 1. The normalized spacial score (nSPS) is 17.0. The summed E-state index contributed by atoms with van der Waals surface area (Å²) in [4.78, 5) is 14.8. The van der Waals surface area contributed by atoms with E-state index in [9.17, 15) is 9.18 Å². The van der Waals surface area contributed by atoms with Gasteiger partial charge in [-0.1, -0.05) is 13.3 Å². The van der Waals surface area contributed by atoms with Gasteiger partial charge in [-0.3, -0.25) is 0 Å². The van der Waals surface area contributed by atoms with Crippen LogP contribution in [-0.2, 0) is 0 Å². The molecule has 18 heavy (non-hydrogen) atoms. The van der Waals surface area contributed by atoms with Gasteiger partial charge in [0.15, 0.2) is 0 Å². The van der Waals surface area contributed by atoms with Crippen molar-refractivity contribution >= 4 is 11.8 Å². The molecule has 2 N–H and O–H groups in total. The van der Waals surface area contributed by atoms with E-state index in [0.29, 0.717) is 6.54 Å². The molecular formula is C13H17FN2O2. The summed E-state index contributed by atoms with van der Waals surface area (Å²) < 4.78 is 13.0. The number of anilines is 1. The zero-order valence-electron chi connectivity index (χ0n) is 10.4. The molecule has 2 rings (SSSR count). The summed E-state index contributed by atoms with van der Waals surface area (Å²) in [6.07, 6.45) is 5.62. The van der Waals surface area contributed by atoms with Crippen LogP contribution in [0.2, 0.25) is 0 Å². The Morgan fingerprint density at radius 3 is 2.83 bits per heavy atom. The van der Waals surface area contributed by atoms with Gasteiger partial charge >= 0.3 is 5.97 Å². The Balaban J connectivity index is 2.11. The third kappa shape index (κ3) is 2.44. The lowest BCUT2D eigenvalue weighted by Crippen LogP contribution is -2.36. The first-order chi connectivity index (χ1) is 8.56. The second-order valence-corrected chi connectivity index (χ2v) is 4.92. The quantitative estimate of drug-likeness (QED) is 0.845. The highest BCUT2D eigenvalue weighted by Crippen LogP contribution is 2.43. The lowest BCUT2D eigenvalue weighted by atomic mass is 9.67. The van der Waals surface area contributed by atoms with Crippen molar-refractivity contribution in [3.05, 3.63) is 23.6 Å². The second-order valence-electron chi connectivity index (χ2n) is 4.92.